The molecule has 0 saturated carbocycles. The van der Waals surface area contributed by atoms with Crippen molar-refractivity contribution in [2.24, 2.45) is 0 Å². The zero-order valence-corrected chi connectivity index (χ0v) is 16.2. The van der Waals surface area contributed by atoms with Crippen molar-refractivity contribution in [1.29, 1.82) is 0 Å². The molecule has 1 aliphatic heterocycles. The van der Waals surface area contributed by atoms with Crippen LogP contribution in [-0.2, 0) is 9.59 Å². The number of benzene rings is 2. The second-order valence-electron chi connectivity index (χ2n) is 5.59. The summed E-state index contributed by atoms with van der Waals surface area (Å²) in [7, 11) is 0. The predicted molar refractivity (Wildman–Crippen MR) is 101 cm³/mol. The van der Waals surface area contributed by atoms with Crippen molar-refractivity contribution in [3.8, 4) is 0 Å². The molecule has 25 heavy (non-hydrogen) atoms. The Hall–Kier alpha value is -1.87. The Balaban J connectivity index is 1.88. The zero-order chi connectivity index (χ0) is 18.1. The molecule has 0 unspecified atom stereocenters. The smallest absolute Gasteiger partial charge is 0.247 e. The van der Waals surface area contributed by atoms with Crippen molar-refractivity contribution in [2.75, 3.05) is 4.90 Å². The molecule has 1 fully saturated rings. The molecule has 0 N–H and O–H groups in total. The fourth-order valence-electron chi connectivity index (χ4n) is 2.71. The van der Waals surface area contributed by atoms with Gasteiger partial charge in [-0.15, -0.1) is 11.8 Å². The molecule has 128 valence electrons. The van der Waals surface area contributed by atoms with E-state index >= 15 is 0 Å². The van der Waals surface area contributed by atoms with Gasteiger partial charge in [-0.05, 0) is 59.3 Å². The first kappa shape index (κ1) is 17.9. The Kier molecular flexibility index (Phi) is 5.14. The number of aryl methyl sites for hydroxylation is 1. The molecule has 1 atom stereocenters. The standard InChI is InChI=1S/C18H14INO4S/c1-10-8-11(19)6-7-13(10)20-16(21)9-15(17(20)22)25-14-5-3-2-4-12(14)18(23)24/h2-8,15H,9H2,1H3,(H,23,24)/p-1/t15-/m1/s1. The summed E-state index contributed by atoms with van der Waals surface area (Å²) in [5.41, 5.74) is 1.44. The molecule has 0 spiro atoms. The summed E-state index contributed by atoms with van der Waals surface area (Å²) in [6.45, 7) is 1.85. The average Bonchev–Trinajstić information content (AvgIpc) is 2.82. The monoisotopic (exact) mass is 466 g/mol. The van der Waals surface area contributed by atoms with E-state index in [9.17, 15) is 19.5 Å². The molecule has 1 aliphatic rings. The van der Waals surface area contributed by atoms with Crippen LogP contribution in [0.25, 0.3) is 0 Å². The molecule has 1 heterocycles. The number of anilines is 1. The van der Waals surface area contributed by atoms with Crippen LogP contribution in [0.15, 0.2) is 47.4 Å². The quantitative estimate of drug-likeness (QED) is 0.511. The number of hydrogen-bond acceptors (Lipinski definition) is 5. The lowest BCUT2D eigenvalue weighted by Crippen LogP contribution is -2.31. The van der Waals surface area contributed by atoms with Crippen LogP contribution >= 0.6 is 34.4 Å². The molecule has 2 aromatic rings. The first-order valence-electron chi connectivity index (χ1n) is 7.48. The maximum atomic E-state index is 12.8. The summed E-state index contributed by atoms with van der Waals surface area (Å²) in [5.74, 6) is -1.91. The number of carboxylic acids is 1. The number of thioether (sulfide) groups is 1. The van der Waals surface area contributed by atoms with Crippen LogP contribution < -0.4 is 10.0 Å². The minimum atomic E-state index is -1.30. The van der Waals surface area contributed by atoms with Gasteiger partial charge < -0.3 is 9.90 Å². The van der Waals surface area contributed by atoms with Gasteiger partial charge in [0.2, 0.25) is 11.8 Å². The summed E-state index contributed by atoms with van der Waals surface area (Å²) < 4.78 is 1.02. The number of aromatic carboxylic acids is 1. The van der Waals surface area contributed by atoms with Crippen LogP contribution in [0.4, 0.5) is 5.69 Å². The lowest BCUT2D eigenvalue weighted by molar-refractivity contribution is -0.255. The minimum Gasteiger partial charge on any atom is -0.545 e. The predicted octanol–water partition coefficient (Wildman–Crippen LogP) is 2.39. The number of carbonyl (C=O) groups is 3. The maximum absolute atomic E-state index is 12.8. The van der Waals surface area contributed by atoms with E-state index in [0.717, 1.165) is 20.9 Å². The van der Waals surface area contributed by atoms with Crippen LogP contribution in [0.1, 0.15) is 22.3 Å². The number of carbonyl (C=O) groups excluding carboxylic acids is 3. The molecular weight excluding hydrogens is 453 g/mol. The van der Waals surface area contributed by atoms with Gasteiger partial charge in [-0.1, -0.05) is 18.2 Å². The van der Waals surface area contributed by atoms with Gasteiger partial charge in [0.25, 0.3) is 0 Å². The van der Waals surface area contributed by atoms with E-state index in [2.05, 4.69) is 22.6 Å². The third-order valence-corrected chi connectivity index (χ3v) is 5.81. The molecule has 0 bridgehead atoms. The van der Waals surface area contributed by atoms with Crippen molar-refractivity contribution in [1.82, 2.24) is 0 Å². The number of nitrogens with zero attached hydrogens (tertiary/aromatic N) is 1. The van der Waals surface area contributed by atoms with E-state index < -0.39 is 11.2 Å². The molecule has 0 aromatic heterocycles. The van der Waals surface area contributed by atoms with E-state index in [4.69, 9.17) is 0 Å². The highest BCUT2D eigenvalue weighted by molar-refractivity contribution is 14.1. The highest BCUT2D eigenvalue weighted by Gasteiger charge is 2.40. The van der Waals surface area contributed by atoms with Gasteiger partial charge in [-0.2, -0.15) is 0 Å². The molecule has 1 saturated heterocycles. The molecule has 5 nitrogen and oxygen atoms in total. The lowest BCUT2D eigenvalue weighted by Gasteiger charge is -2.18. The van der Waals surface area contributed by atoms with Crippen LogP contribution in [-0.4, -0.2) is 23.0 Å². The fraction of sp³-hybridized carbons (Fsp3) is 0.167. The second kappa shape index (κ2) is 7.17. The maximum Gasteiger partial charge on any atom is 0.247 e. The highest BCUT2D eigenvalue weighted by atomic mass is 127. The third-order valence-electron chi connectivity index (χ3n) is 3.88. The molecular formula is C18H13INO4S-. The molecule has 0 aliphatic carbocycles. The third kappa shape index (κ3) is 3.57. The van der Waals surface area contributed by atoms with Gasteiger partial charge in [-0.3, -0.25) is 9.59 Å². The van der Waals surface area contributed by atoms with E-state index in [1.54, 1.807) is 24.3 Å². The van der Waals surface area contributed by atoms with Crippen molar-refractivity contribution in [2.45, 2.75) is 23.5 Å². The lowest BCUT2D eigenvalue weighted by atomic mass is 10.2. The van der Waals surface area contributed by atoms with Crippen LogP contribution in [0, 0.1) is 10.5 Å². The van der Waals surface area contributed by atoms with Gasteiger partial charge in [0.1, 0.15) is 0 Å². The number of imide groups is 1. The summed E-state index contributed by atoms with van der Waals surface area (Å²) in [6.07, 6.45) is 0.0380. The molecule has 0 radical (unpaired) electrons. The van der Waals surface area contributed by atoms with Crippen LogP contribution in [0.2, 0.25) is 0 Å². The average molecular weight is 466 g/mol. The van der Waals surface area contributed by atoms with Crippen LogP contribution in [0.5, 0.6) is 0 Å². The first-order valence-corrected chi connectivity index (χ1v) is 9.44. The van der Waals surface area contributed by atoms with E-state index in [-0.39, 0.29) is 23.8 Å². The normalized spacial score (nSPS) is 17.2. The topological polar surface area (TPSA) is 77.5 Å². The Morgan fingerprint density at radius 3 is 2.64 bits per heavy atom. The van der Waals surface area contributed by atoms with E-state index in [1.165, 1.54) is 11.0 Å². The number of rotatable bonds is 4. The van der Waals surface area contributed by atoms with Crippen molar-refractivity contribution in [3.63, 3.8) is 0 Å². The minimum absolute atomic E-state index is 0.0247. The molecule has 2 amide bonds. The van der Waals surface area contributed by atoms with Crippen molar-refractivity contribution >= 4 is 57.8 Å². The van der Waals surface area contributed by atoms with Gasteiger partial charge in [0, 0.05) is 20.4 Å². The Morgan fingerprint density at radius 2 is 1.96 bits per heavy atom. The summed E-state index contributed by atoms with van der Waals surface area (Å²) in [6, 6.07) is 11.8. The number of hydrogen-bond donors (Lipinski definition) is 0. The van der Waals surface area contributed by atoms with Gasteiger partial charge in [0.15, 0.2) is 0 Å². The SMILES string of the molecule is Cc1cc(I)ccc1N1C(=O)C[C@@H](Sc2ccccc2C(=O)[O-])C1=O. The zero-order valence-electron chi connectivity index (χ0n) is 13.2. The second-order valence-corrected chi connectivity index (χ2v) is 8.08. The van der Waals surface area contributed by atoms with Crippen molar-refractivity contribution < 1.29 is 19.5 Å². The number of carboxylic acid groups (broad SMARTS) is 1. The number of halogens is 1. The first-order chi connectivity index (χ1) is 11.9. The molecule has 2 aromatic carbocycles. The summed E-state index contributed by atoms with van der Waals surface area (Å²) in [5, 5.41) is 10.6. The van der Waals surface area contributed by atoms with E-state index in [0.29, 0.717) is 10.6 Å². The highest BCUT2D eigenvalue weighted by Crippen LogP contribution is 2.36. The van der Waals surface area contributed by atoms with E-state index in [1.807, 2.05) is 19.1 Å². The fourth-order valence-corrected chi connectivity index (χ4v) is 4.53. The Bertz CT molecular complexity index is 883. The Labute approximate surface area is 162 Å². The van der Waals surface area contributed by atoms with Crippen molar-refractivity contribution in [3.05, 3.63) is 57.2 Å². The number of amides is 2. The van der Waals surface area contributed by atoms with Crippen LogP contribution in [0.3, 0.4) is 0 Å². The van der Waals surface area contributed by atoms with Gasteiger partial charge in [0.05, 0.1) is 16.9 Å². The molecule has 7 heteroatoms. The largest absolute Gasteiger partial charge is 0.545 e. The van der Waals surface area contributed by atoms with Gasteiger partial charge >= 0.3 is 0 Å². The molecule has 3 rings (SSSR count). The summed E-state index contributed by atoms with van der Waals surface area (Å²) >= 11 is 3.26. The van der Waals surface area contributed by atoms with Gasteiger partial charge in [-0.25, -0.2) is 4.90 Å². The Morgan fingerprint density at radius 1 is 1.24 bits per heavy atom. The summed E-state index contributed by atoms with van der Waals surface area (Å²) in [4.78, 5) is 38.0.